The minimum absolute atomic E-state index is 0.845. The van der Waals surface area contributed by atoms with Crippen LogP contribution in [-0.2, 0) is 0 Å². The Balaban J connectivity index is 2.80. The lowest BCUT2D eigenvalue weighted by Crippen LogP contribution is -1.77. The highest BCUT2D eigenvalue weighted by Gasteiger charge is 1.90. The Bertz CT molecular complexity index is 170. The van der Waals surface area contributed by atoms with Crippen LogP contribution in [0, 0.1) is 6.61 Å². The van der Waals surface area contributed by atoms with Crippen LogP contribution < -0.4 is 0 Å². The predicted octanol–water partition coefficient (Wildman–Crippen LogP) is 2.29. The number of hydrogen-bond acceptors (Lipinski definition) is 2. The average Bonchev–Trinajstić information content (AvgIpc) is 2.05. The van der Waals surface area contributed by atoms with Gasteiger partial charge in [-0.15, -0.1) is 11.8 Å². The van der Waals surface area contributed by atoms with Crippen molar-refractivity contribution in [1.82, 2.24) is 0 Å². The first-order valence-electron chi connectivity index (χ1n) is 2.98. The molecule has 0 saturated carbocycles. The Morgan fingerprint density at radius 3 is 2.30 bits per heavy atom. The number of aliphatic hydroxyl groups excluding tert-OH is 1. The molecule has 0 fully saturated rings. The summed E-state index contributed by atoms with van der Waals surface area (Å²) in [7, 11) is 0. The average molecular weight is 153 g/mol. The Labute approximate surface area is 65.1 Å². The molecule has 1 radical (unpaired) electrons. The molecule has 10 heavy (non-hydrogen) atoms. The first kappa shape index (κ1) is 7.63. The van der Waals surface area contributed by atoms with Crippen molar-refractivity contribution in [3.63, 3.8) is 0 Å². The van der Waals surface area contributed by atoms with Gasteiger partial charge in [0.05, 0.1) is 0 Å². The zero-order valence-electron chi connectivity index (χ0n) is 5.74. The SMILES string of the molecule is CSc1ccc([CH]O)cc1. The minimum atomic E-state index is 0.845. The second kappa shape index (κ2) is 3.64. The van der Waals surface area contributed by atoms with Crippen molar-refractivity contribution in [2.24, 2.45) is 0 Å². The lowest BCUT2D eigenvalue weighted by Gasteiger charge is -1.96. The largest absolute Gasteiger partial charge is 0.385 e. The van der Waals surface area contributed by atoms with E-state index in [4.69, 9.17) is 5.11 Å². The summed E-state index contributed by atoms with van der Waals surface area (Å²) in [5, 5.41) is 8.57. The third kappa shape index (κ3) is 1.75. The molecule has 0 heterocycles. The number of hydrogen-bond donors (Lipinski definition) is 1. The summed E-state index contributed by atoms with van der Waals surface area (Å²) in [6.45, 7) is 1.10. The van der Waals surface area contributed by atoms with Crippen molar-refractivity contribution < 1.29 is 5.11 Å². The Hall–Kier alpha value is -0.470. The molecule has 0 atom stereocenters. The van der Waals surface area contributed by atoms with Crippen molar-refractivity contribution >= 4 is 11.8 Å². The second-order valence-electron chi connectivity index (χ2n) is 1.90. The van der Waals surface area contributed by atoms with Gasteiger partial charge in [0.25, 0.3) is 0 Å². The van der Waals surface area contributed by atoms with Gasteiger partial charge in [0.15, 0.2) is 0 Å². The Kier molecular flexibility index (Phi) is 2.78. The lowest BCUT2D eigenvalue weighted by molar-refractivity contribution is 0.415. The monoisotopic (exact) mass is 153 g/mol. The van der Waals surface area contributed by atoms with E-state index in [2.05, 4.69) is 0 Å². The quantitative estimate of drug-likeness (QED) is 0.658. The fourth-order valence-corrected chi connectivity index (χ4v) is 1.10. The van der Waals surface area contributed by atoms with Gasteiger partial charge in [-0.1, -0.05) is 12.1 Å². The minimum Gasteiger partial charge on any atom is -0.385 e. The maximum Gasteiger partial charge on any atom is 0.109 e. The molecule has 0 spiro atoms. The first-order chi connectivity index (χ1) is 4.86. The fraction of sp³-hybridized carbons (Fsp3) is 0.125. The molecule has 2 heteroatoms. The van der Waals surface area contributed by atoms with Gasteiger partial charge in [-0.25, -0.2) is 0 Å². The maximum atomic E-state index is 8.57. The van der Waals surface area contributed by atoms with Crippen LogP contribution in [0.1, 0.15) is 5.56 Å². The van der Waals surface area contributed by atoms with Gasteiger partial charge in [-0.2, -0.15) is 0 Å². The summed E-state index contributed by atoms with van der Waals surface area (Å²) in [5.74, 6) is 0. The van der Waals surface area contributed by atoms with E-state index in [0.717, 1.165) is 12.2 Å². The number of benzene rings is 1. The van der Waals surface area contributed by atoms with Crippen LogP contribution in [0.15, 0.2) is 29.2 Å². The predicted molar refractivity (Wildman–Crippen MR) is 43.6 cm³/mol. The second-order valence-corrected chi connectivity index (χ2v) is 2.78. The normalized spacial score (nSPS) is 9.80. The van der Waals surface area contributed by atoms with Crippen molar-refractivity contribution in [3.05, 3.63) is 36.4 Å². The van der Waals surface area contributed by atoms with E-state index in [1.54, 1.807) is 11.8 Å². The molecule has 1 nitrogen and oxygen atoms in total. The van der Waals surface area contributed by atoms with Crippen LogP contribution in [0.25, 0.3) is 0 Å². The molecule has 0 bridgehead atoms. The van der Waals surface area contributed by atoms with Gasteiger partial charge in [-0.05, 0) is 24.0 Å². The van der Waals surface area contributed by atoms with Gasteiger partial charge in [0.2, 0.25) is 0 Å². The summed E-state index contributed by atoms with van der Waals surface area (Å²) in [6.07, 6.45) is 2.03. The van der Waals surface area contributed by atoms with Crippen LogP contribution in [-0.4, -0.2) is 11.4 Å². The van der Waals surface area contributed by atoms with Crippen molar-refractivity contribution in [1.29, 1.82) is 0 Å². The molecule has 0 aliphatic carbocycles. The van der Waals surface area contributed by atoms with Crippen LogP contribution >= 0.6 is 11.8 Å². The zero-order valence-corrected chi connectivity index (χ0v) is 6.56. The number of rotatable bonds is 2. The first-order valence-corrected chi connectivity index (χ1v) is 4.21. The van der Waals surface area contributed by atoms with Gasteiger partial charge >= 0.3 is 0 Å². The van der Waals surface area contributed by atoms with E-state index < -0.39 is 0 Å². The van der Waals surface area contributed by atoms with Crippen LogP contribution in [0.5, 0.6) is 0 Å². The standard InChI is InChI=1S/C8H9OS/c1-10-8-4-2-7(6-9)3-5-8/h2-6,9H,1H3. The van der Waals surface area contributed by atoms with Crippen molar-refractivity contribution in [2.45, 2.75) is 4.90 Å². The number of aliphatic hydroxyl groups is 1. The topological polar surface area (TPSA) is 20.2 Å². The molecule has 1 rings (SSSR count). The smallest absolute Gasteiger partial charge is 0.109 e. The zero-order chi connectivity index (χ0) is 7.40. The summed E-state index contributed by atoms with van der Waals surface area (Å²) < 4.78 is 0. The van der Waals surface area contributed by atoms with Crippen LogP contribution in [0.3, 0.4) is 0 Å². The Morgan fingerprint density at radius 1 is 1.30 bits per heavy atom. The van der Waals surface area contributed by atoms with Gasteiger partial charge in [0, 0.05) is 4.90 Å². The molecule has 0 amide bonds. The molecule has 1 aromatic rings. The molecular formula is C8H9OS. The van der Waals surface area contributed by atoms with Gasteiger partial charge in [0.1, 0.15) is 6.61 Å². The molecule has 0 aliphatic heterocycles. The molecular weight excluding hydrogens is 144 g/mol. The lowest BCUT2D eigenvalue weighted by atomic mass is 10.2. The molecule has 0 unspecified atom stereocenters. The van der Waals surface area contributed by atoms with E-state index in [1.165, 1.54) is 4.90 Å². The molecule has 53 valence electrons. The van der Waals surface area contributed by atoms with Crippen molar-refractivity contribution in [3.8, 4) is 0 Å². The third-order valence-corrected chi connectivity index (χ3v) is 2.01. The highest BCUT2D eigenvalue weighted by Crippen LogP contribution is 2.14. The maximum absolute atomic E-state index is 8.57. The fourth-order valence-electron chi connectivity index (χ4n) is 0.690. The van der Waals surface area contributed by atoms with E-state index in [-0.39, 0.29) is 0 Å². The molecule has 1 N–H and O–H groups in total. The van der Waals surface area contributed by atoms with E-state index >= 15 is 0 Å². The van der Waals surface area contributed by atoms with Gasteiger partial charge in [-0.3, -0.25) is 0 Å². The summed E-state index contributed by atoms with van der Waals surface area (Å²) in [5.41, 5.74) is 0.845. The van der Waals surface area contributed by atoms with E-state index in [9.17, 15) is 0 Å². The molecule has 1 aromatic carbocycles. The summed E-state index contributed by atoms with van der Waals surface area (Å²) in [6, 6.07) is 7.72. The van der Waals surface area contributed by atoms with E-state index in [1.807, 2.05) is 30.5 Å². The van der Waals surface area contributed by atoms with Crippen molar-refractivity contribution in [2.75, 3.05) is 6.26 Å². The third-order valence-electron chi connectivity index (χ3n) is 1.26. The molecule has 0 aliphatic rings. The van der Waals surface area contributed by atoms with Crippen LogP contribution in [0.4, 0.5) is 0 Å². The number of thioether (sulfide) groups is 1. The van der Waals surface area contributed by atoms with Crippen LogP contribution in [0.2, 0.25) is 0 Å². The highest BCUT2D eigenvalue weighted by molar-refractivity contribution is 7.98. The van der Waals surface area contributed by atoms with E-state index in [0.29, 0.717) is 0 Å². The highest BCUT2D eigenvalue weighted by atomic mass is 32.2. The van der Waals surface area contributed by atoms with Gasteiger partial charge < -0.3 is 5.11 Å². The summed E-state index contributed by atoms with van der Waals surface area (Å²) >= 11 is 1.69. The summed E-state index contributed by atoms with van der Waals surface area (Å²) in [4.78, 5) is 1.21. The molecule has 0 aromatic heterocycles. The Morgan fingerprint density at radius 2 is 1.90 bits per heavy atom. The molecule has 0 saturated heterocycles.